The molecule has 1 N–H and O–H groups in total. The summed E-state index contributed by atoms with van der Waals surface area (Å²) in [6.45, 7) is 3.58. The molecule has 1 aromatic carbocycles. The van der Waals surface area contributed by atoms with E-state index in [2.05, 4.69) is 10.3 Å². The number of thioether (sulfide) groups is 1. The van der Waals surface area contributed by atoms with Crippen LogP contribution in [0.2, 0.25) is 0 Å². The summed E-state index contributed by atoms with van der Waals surface area (Å²) in [5.41, 5.74) is 1.72. The molecule has 0 saturated heterocycles. The molecule has 0 radical (unpaired) electrons. The molecule has 1 amide bonds. The molecule has 0 fully saturated rings. The Morgan fingerprint density at radius 1 is 1.50 bits per heavy atom. The third kappa shape index (κ3) is 3.39. The van der Waals surface area contributed by atoms with Crippen molar-refractivity contribution >= 4 is 23.4 Å². The van der Waals surface area contributed by atoms with E-state index in [4.69, 9.17) is 9.68 Å². The normalized spacial score (nSPS) is 11.7. The minimum Gasteiger partial charge on any atom is -0.440 e. The number of para-hydroxylation sites is 1. The van der Waals surface area contributed by atoms with Crippen LogP contribution in [0.4, 0.5) is 5.69 Å². The first kappa shape index (κ1) is 14.2. The second-order valence-corrected chi connectivity index (χ2v) is 5.45. The average Bonchev–Trinajstić information content (AvgIpc) is 2.84. The Balaban J connectivity index is 2.02. The lowest BCUT2D eigenvalue weighted by molar-refractivity contribution is -0.115. The molecule has 20 heavy (non-hydrogen) atoms. The highest BCUT2D eigenvalue weighted by molar-refractivity contribution is 8.00. The smallest absolute Gasteiger partial charge is 0.256 e. The van der Waals surface area contributed by atoms with Gasteiger partial charge in [0.05, 0.1) is 22.2 Å². The largest absolute Gasteiger partial charge is 0.440 e. The van der Waals surface area contributed by atoms with Gasteiger partial charge < -0.3 is 9.73 Å². The number of anilines is 1. The van der Waals surface area contributed by atoms with Crippen LogP contribution in [0.5, 0.6) is 0 Å². The van der Waals surface area contributed by atoms with E-state index in [0.29, 0.717) is 16.5 Å². The molecule has 1 unspecified atom stereocenters. The minimum atomic E-state index is -0.375. The summed E-state index contributed by atoms with van der Waals surface area (Å²) >= 11 is 1.23. The lowest BCUT2D eigenvalue weighted by Gasteiger charge is -2.10. The SMILES string of the molecule is Cc1coc(SC(C)C(=O)Nc2ccccc2C#N)n1. The van der Waals surface area contributed by atoms with Crippen LogP contribution in [0.15, 0.2) is 40.2 Å². The van der Waals surface area contributed by atoms with E-state index in [-0.39, 0.29) is 11.2 Å². The quantitative estimate of drug-likeness (QED) is 0.874. The molecule has 0 saturated carbocycles. The van der Waals surface area contributed by atoms with Gasteiger partial charge in [-0.15, -0.1) is 0 Å². The van der Waals surface area contributed by atoms with Gasteiger partial charge in [0.2, 0.25) is 5.91 Å². The Hall–Kier alpha value is -2.26. The van der Waals surface area contributed by atoms with E-state index in [1.165, 1.54) is 18.0 Å². The minimum absolute atomic E-state index is 0.200. The summed E-state index contributed by atoms with van der Waals surface area (Å²) in [5.74, 6) is -0.200. The van der Waals surface area contributed by atoms with E-state index >= 15 is 0 Å². The molecular formula is C14H13N3O2S. The lowest BCUT2D eigenvalue weighted by atomic mass is 10.2. The van der Waals surface area contributed by atoms with Crippen molar-refractivity contribution in [2.75, 3.05) is 5.32 Å². The number of aromatic nitrogens is 1. The van der Waals surface area contributed by atoms with Gasteiger partial charge >= 0.3 is 0 Å². The molecule has 1 heterocycles. The molecule has 2 rings (SSSR count). The fourth-order valence-electron chi connectivity index (χ4n) is 1.52. The molecular weight excluding hydrogens is 274 g/mol. The zero-order valence-corrected chi connectivity index (χ0v) is 11.9. The Labute approximate surface area is 121 Å². The number of nitrogens with one attached hydrogen (secondary N) is 1. The second-order valence-electron chi connectivity index (χ2n) is 4.16. The third-order valence-corrected chi connectivity index (χ3v) is 3.51. The van der Waals surface area contributed by atoms with E-state index in [1.807, 2.05) is 13.0 Å². The molecule has 6 heteroatoms. The number of rotatable bonds is 4. The zero-order valence-electron chi connectivity index (χ0n) is 11.1. The maximum atomic E-state index is 12.1. The van der Waals surface area contributed by atoms with Gasteiger partial charge in [0.25, 0.3) is 5.22 Å². The summed E-state index contributed by atoms with van der Waals surface area (Å²) in [5, 5.41) is 11.8. The molecule has 0 aliphatic carbocycles. The van der Waals surface area contributed by atoms with Gasteiger partial charge in [-0.3, -0.25) is 4.79 Å². The first-order chi connectivity index (χ1) is 9.60. The van der Waals surface area contributed by atoms with Crippen LogP contribution in [-0.2, 0) is 4.79 Å². The predicted octanol–water partition coefficient (Wildman–Crippen LogP) is 2.97. The lowest BCUT2D eigenvalue weighted by Crippen LogP contribution is -2.22. The van der Waals surface area contributed by atoms with Crippen molar-refractivity contribution in [1.82, 2.24) is 4.98 Å². The monoisotopic (exact) mass is 287 g/mol. The van der Waals surface area contributed by atoms with Crippen molar-refractivity contribution in [2.45, 2.75) is 24.3 Å². The average molecular weight is 287 g/mol. The van der Waals surface area contributed by atoms with Gasteiger partial charge in [-0.05, 0) is 26.0 Å². The van der Waals surface area contributed by atoms with Crippen molar-refractivity contribution < 1.29 is 9.21 Å². The highest BCUT2D eigenvalue weighted by atomic mass is 32.2. The Morgan fingerprint density at radius 2 is 2.25 bits per heavy atom. The predicted molar refractivity (Wildman–Crippen MR) is 76.3 cm³/mol. The summed E-state index contributed by atoms with van der Waals surface area (Å²) in [6.07, 6.45) is 1.54. The molecule has 0 aliphatic heterocycles. The van der Waals surface area contributed by atoms with Crippen LogP contribution in [0.3, 0.4) is 0 Å². The number of oxazole rings is 1. The van der Waals surface area contributed by atoms with Gasteiger partial charge in [-0.1, -0.05) is 23.9 Å². The molecule has 0 bridgehead atoms. The van der Waals surface area contributed by atoms with Crippen molar-refractivity contribution in [3.8, 4) is 6.07 Å². The van der Waals surface area contributed by atoms with E-state index in [9.17, 15) is 4.79 Å². The zero-order chi connectivity index (χ0) is 14.5. The van der Waals surface area contributed by atoms with Crippen LogP contribution >= 0.6 is 11.8 Å². The summed E-state index contributed by atoms with van der Waals surface area (Å²) in [4.78, 5) is 16.2. The van der Waals surface area contributed by atoms with Gasteiger partial charge in [-0.2, -0.15) is 5.26 Å². The van der Waals surface area contributed by atoms with Crippen molar-refractivity contribution in [1.29, 1.82) is 5.26 Å². The van der Waals surface area contributed by atoms with E-state index < -0.39 is 0 Å². The second kappa shape index (κ2) is 6.26. The number of hydrogen-bond donors (Lipinski definition) is 1. The van der Waals surface area contributed by atoms with E-state index in [1.54, 1.807) is 31.2 Å². The number of nitriles is 1. The van der Waals surface area contributed by atoms with Crippen LogP contribution in [0.1, 0.15) is 18.2 Å². The molecule has 1 atom stereocenters. The molecule has 2 aromatic rings. The fraction of sp³-hybridized carbons (Fsp3) is 0.214. The number of carbonyl (C=O) groups excluding carboxylic acids is 1. The van der Waals surface area contributed by atoms with Gasteiger partial charge in [-0.25, -0.2) is 4.98 Å². The number of carbonyl (C=O) groups is 1. The number of nitrogens with zero attached hydrogens (tertiary/aromatic N) is 2. The van der Waals surface area contributed by atoms with Crippen LogP contribution in [0.25, 0.3) is 0 Å². The van der Waals surface area contributed by atoms with E-state index in [0.717, 1.165) is 5.69 Å². The standard InChI is InChI=1S/C14H13N3O2S/c1-9-8-19-14(16-9)20-10(2)13(18)17-12-6-4-3-5-11(12)7-15/h3-6,8,10H,1-2H3,(H,17,18). The Morgan fingerprint density at radius 3 is 2.90 bits per heavy atom. The first-order valence-corrected chi connectivity index (χ1v) is 6.87. The molecule has 1 aromatic heterocycles. The molecule has 0 spiro atoms. The van der Waals surface area contributed by atoms with Crippen LogP contribution in [0, 0.1) is 18.3 Å². The summed E-state index contributed by atoms with van der Waals surface area (Å²) < 4.78 is 5.20. The number of amides is 1. The van der Waals surface area contributed by atoms with Gasteiger partial charge in [0, 0.05) is 0 Å². The Bertz CT molecular complexity index is 660. The van der Waals surface area contributed by atoms with Crippen molar-refractivity contribution in [3.63, 3.8) is 0 Å². The maximum Gasteiger partial charge on any atom is 0.256 e. The Kier molecular flexibility index (Phi) is 4.43. The van der Waals surface area contributed by atoms with Crippen molar-refractivity contribution in [3.05, 3.63) is 41.8 Å². The van der Waals surface area contributed by atoms with Crippen LogP contribution in [-0.4, -0.2) is 16.1 Å². The van der Waals surface area contributed by atoms with Gasteiger partial charge in [0.15, 0.2) is 0 Å². The molecule has 0 aliphatic rings. The first-order valence-electron chi connectivity index (χ1n) is 5.99. The fourth-order valence-corrected chi connectivity index (χ4v) is 2.28. The topological polar surface area (TPSA) is 78.9 Å². The summed E-state index contributed by atoms with van der Waals surface area (Å²) in [7, 11) is 0. The van der Waals surface area contributed by atoms with Gasteiger partial charge in [0.1, 0.15) is 12.3 Å². The maximum absolute atomic E-state index is 12.1. The van der Waals surface area contributed by atoms with Crippen molar-refractivity contribution in [2.24, 2.45) is 0 Å². The summed E-state index contributed by atoms with van der Waals surface area (Å²) in [6, 6.07) is 8.92. The third-order valence-electron chi connectivity index (χ3n) is 2.55. The number of hydrogen-bond acceptors (Lipinski definition) is 5. The molecule has 102 valence electrons. The molecule has 5 nitrogen and oxygen atoms in total. The number of benzene rings is 1. The van der Waals surface area contributed by atoms with Crippen LogP contribution < -0.4 is 5.32 Å². The number of aryl methyl sites for hydroxylation is 1. The highest BCUT2D eigenvalue weighted by Crippen LogP contribution is 2.24. The highest BCUT2D eigenvalue weighted by Gasteiger charge is 2.18.